The van der Waals surface area contributed by atoms with Crippen LogP contribution >= 0.6 is 23.2 Å². The maximum atomic E-state index is 13.2. The van der Waals surface area contributed by atoms with Gasteiger partial charge in [0.1, 0.15) is 17.3 Å². The molecule has 6 nitrogen and oxygen atoms in total. The zero-order valence-electron chi connectivity index (χ0n) is 18.3. The minimum absolute atomic E-state index is 0.0113. The van der Waals surface area contributed by atoms with Crippen LogP contribution in [0.5, 0.6) is 11.5 Å². The highest BCUT2D eigenvalue weighted by molar-refractivity contribution is 6.52. The van der Waals surface area contributed by atoms with Crippen molar-refractivity contribution in [2.24, 2.45) is 0 Å². The minimum atomic E-state index is -4.96. The second-order valence-electron chi connectivity index (χ2n) is 7.59. The van der Waals surface area contributed by atoms with E-state index in [0.717, 1.165) is 17.0 Å². The maximum Gasteiger partial charge on any atom is 0.573 e. The van der Waals surface area contributed by atoms with Crippen molar-refractivity contribution in [2.75, 3.05) is 12.0 Å². The summed E-state index contributed by atoms with van der Waals surface area (Å²) in [6.45, 7) is 0. The van der Waals surface area contributed by atoms with Crippen molar-refractivity contribution in [3.8, 4) is 11.5 Å². The zero-order valence-corrected chi connectivity index (χ0v) is 19.9. The molecule has 1 amide bonds. The summed E-state index contributed by atoms with van der Waals surface area (Å²) in [4.78, 5) is 27.4. The molecule has 11 heteroatoms. The normalized spacial score (nSPS) is 17.4. The van der Waals surface area contributed by atoms with Crippen LogP contribution in [-0.4, -0.2) is 30.3 Å². The van der Waals surface area contributed by atoms with Crippen molar-refractivity contribution in [2.45, 2.75) is 12.4 Å². The van der Waals surface area contributed by atoms with Gasteiger partial charge in [-0.1, -0.05) is 59.6 Å². The van der Waals surface area contributed by atoms with Crippen LogP contribution in [0.3, 0.4) is 0 Å². The molecule has 1 N–H and O–H groups in total. The lowest BCUT2D eigenvalue weighted by Gasteiger charge is -2.26. The molecular weight excluding hydrogens is 522 g/mol. The van der Waals surface area contributed by atoms with Gasteiger partial charge in [0.25, 0.3) is 11.7 Å². The second kappa shape index (κ2) is 9.75. The molecule has 1 saturated heterocycles. The van der Waals surface area contributed by atoms with Gasteiger partial charge in [-0.3, -0.25) is 14.5 Å². The lowest BCUT2D eigenvalue weighted by molar-refractivity contribution is -0.274. The third-order valence-electron chi connectivity index (χ3n) is 5.36. The highest BCUT2D eigenvalue weighted by Crippen LogP contribution is 2.45. The largest absolute Gasteiger partial charge is 0.573 e. The van der Waals surface area contributed by atoms with E-state index in [1.165, 1.54) is 31.4 Å². The molecule has 0 aliphatic carbocycles. The Morgan fingerprint density at radius 3 is 2.33 bits per heavy atom. The third-order valence-corrected chi connectivity index (χ3v) is 5.86. The first kappa shape index (κ1) is 25.4. The highest BCUT2D eigenvalue weighted by Gasteiger charge is 2.47. The molecule has 1 aliphatic rings. The molecule has 0 saturated carbocycles. The molecule has 1 unspecified atom stereocenters. The lowest BCUT2D eigenvalue weighted by atomic mass is 9.95. The fourth-order valence-corrected chi connectivity index (χ4v) is 4.54. The molecule has 3 aromatic rings. The number of halogens is 5. The van der Waals surface area contributed by atoms with Gasteiger partial charge in [0.05, 0.1) is 29.3 Å². The fraction of sp³-hybridized carbons (Fsp3) is 0.120. The number of alkyl halides is 3. The first-order chi connectivity index (χ1) is 17.0. The van der Waals surface area contributed by atoms with Crippen molar-refractivity contribution in [3.63, 3.8) is 0 Å². The Balaban J connectivity index is 1.95. The maximum absolute atomic E-state index is 13.2. The SMILES string of the molecule is COc1c(Cl)cc(Cl)cc1/C(O)=C1\C(=O)C(=O)N(c2cccc(OC(F)(F)F)c2)C1c1ccccc1. The van der Waals surface area contributed by atoms with Gasteiger partial charge in [0.15, 0.2) is 0 Å². The van der Waals surface area contributed by atoms with Crippen LogP contribution in [-0.2, 0) is 9.59 Å². The van der Waals surface area contributed by atoms with Crippen molar-refractivity contribution in [3.05, 3.63) is 93.5 Å². The monoisotopic (exact) mass is 537 g/mol. The first-order valence-corrected chi connectivity index (χ1v) is 11.0. The number of Topliss-reactive ketones (excluding diaryl/α,β-unsaturated/α-hetero) is 1. The molecule has 1 atom stereocenters. The zero-order chi connectivity index (χ0) is 26.2. The number of carbonyl (C=O) groups is 2. The van der Waals surface area contributed by atoms with E-state index in [-0.39, 0.29) is 32.6 Å². The number of anilines is 1. The van der Waals surface area contributed by atoms with Gasteiger partial charge in [0.2, 0.25) is 0 Å². The van der Waals surface area contributed by atoms with Crippen LogP contribution in [0.2, 0.25) is 10.0 Å². The number of ketones is 1. The Bertz CT molecular complexity index is 1380. The van der Waals surface area contributed by atoms with Gasteiger partial charge in [-0.2, -0.15) is 0 Å². The Kier molecular flexibility index (Phi) is 6.88. The van der Waals surface area contributed by atoms with Crippen LogP contribution in [0.25, 0.3) is 5.76 Å². The number of hydrogen-bond acceptors (Lipinski definition) is 5. The number of benzene rings is 3. The van der Waals surface area contributed by atoms with Gasteiger partial charge in [0, 0.05) is 16.8 Å². The Morgan fingerprint density at radius 1 is 1.00 bits per heavy atom. The smallest absolute Gasteiger partial charge is 0.507 e. The topological polar surface area (TPSA) is 76.1 Å². The van der Waals surface area contributed by atoms with Gasteiger partial charge >= 0.3 is 6.36 Å². The molecule has 1 fully saturated rings. The van der Waals surface area contributed by atoms with Crippen molar-refractivity contribution in [1.29, 1.82) is 0 Å². The van der Waals surface area contributed by atoms with Crippen molar-refractivity contribution >= 4 is 46.3 Å². The minimum Gasteiger partial charge on any atom is -0.507 e. The first-order valence-electron chi connectivity index (χ1n) is 10.3. The van der Waals surface area contributed by atoms with Gasteiger partial charge in [-0.05, 0) is 29.8 Å². The standard InChI is InChI=1S/C25H16Cl2F3NO5/c1-35-23-17(10-14(26)11-18(23)27)21(32)19-20(13-6-3-2-4-7-13)31(24(34)22(19)33)15-8-5-9-16(12-15)36-25(28,29)30/h2-12,20,32H,1H3/b21-19+. The summed E-state index contributed by atoms with van der Waals surface area (Å²) in [6.07, 6.45) is -4.96. The average Bonchev–Trinajstić information content (AvgIpc) is 3.08. The number of hydrogen-bond donors (Lipinski definition) is 1. The molecular formula is C25H16Cl2F3NO5. The molecule has 1 aliphatic heterocycles. The van der Waals surface area contributed by atoms with Crippen LogP contribution in [0.15, 0.2) is 72.3 Å². The highest BCUT2D eigenvalue weighted by atomic mass is 35.5. The molecule has 186 valence electrons. The number of aliphatic hydroxyl groups is 1. The summed E-state index contributed by atoms with van der Waals surface area (Å²) in [7, 11) is 1.30. The summed E-state index contributed by atoms with van der Waals surface area (Å²) in [5, 5.41) is 11.5. The van der Waals surface area contributed by atoms with E-state index in [1.54, 1.807) is 30.3 Å². The summed E-state index contributed by atoms with van der Waals surface area (Å²) >= 11 is 12.3. The molecule has 0 spiro atoms. The number of carbonyl (C=O) groups excluding carboxylic acids is 2. The van der Waals surface area contributed by atoms with Gasteiger partial charge in [-0.15, -0.1) is 13.2 Å². The summed E-state index contributed by atoms with van der Waals surface area (Å²) in [5.74, 6) is -3.33. The summed E-state index contributed by atoms with van der Waals surface area (Å²) in [6, 6.07) is 14.3. The predicted octanol–water partition coefficient (Wildman–Crippen LogP) is 6.53. The Labute approximate surface area is 213 Å². The average molecular weight is 538 g/mol. The molecule has 3 aromatic carbocycles. The molecule has 0 aromatic heterocycles. The van der Waals surface area contributed by atoms with E-state index in [0.29, 0.717) is 5.56 Å². The summed E-state index contributed by atoms with van der Waals surface area (Å²) < 4.78 is 47.6. The predicted molar refractivity (Wildman–Crippen MR) is 127 cm³/mol. The number of ether oxygens (including phenoxy) is 2. The molecule has 0 bridgehead atoms. The van der Waals surface area contributed by atoms with E-state index in [2.05, 4.69) is 4.74 Å². The summed E-state index contributed by atoms with van der Waals surface area (Å²) in [5.41, 5.74) is -0.0107. The van der Waals surface area contributed by atoms with Crippen LogP contribution in [0, 0.1) is 0 Å². The number of methoxy groups -OCH3 is 1. The fourth-order valence-electron chi connectivity index (χ4n) is 3.97. The van der Waals surface area contributed by atoms with Gasteiger partial charge < -0.3 is 14.6 Å². The van der Waals surface area contributed by atoms with Crippen molar-refractivity contribution in [1.82, 2.24) is 0 Å². The third kappa shape index (κ3) is 4.84. The van der Waals surface area contributed by atoms with Crippen LogP contribution < -0.4 is 14.4 Å². The molecule has 0 radical (unpaired) electrons. The van der Waals surface area contributed by atoms with E-state index < -0.39 is 35.6 Å². The number of amides is 1. The van der Waals surface area contributed by atoms with E-state index in [4.69, 9.17) is 27.9 Å². The molecule has 4 rings (SSSR count). The quantitative estimate of drug-likeness (QED) is 0.227. The van der Waals surface area contributed by atoms with E-state index in [9.17, 15) is 27.9 Å². The van der Waals surface area contributed by atoms with Crippen LogP contribution in [0.4, 0.5) is 18.9 Å². The van der Waals surface area contributed by atoms with Crippen molar-refractivity contribution < 1.29 is 37.3 Å². The second-order valence-corrected chi connectivity index (χ2v) is 8.44. The number of rotatable bonds is 5. The number of nitrogens with zero attached hydrogens (tertiary/aromatic N) is 1. The Morgan fingerprint density at radius 2 is 1.69 bits per heavy atom. The molecule has 1 heterocycles. The number of aliphatic hydroxyl groups excluding tert-OH is 1. The Hall–Kier alpha value is -3.69. The van der Waals surface area contributed by atoms with Crippen LogP contribution in [0.1, 0.15) is 17.2 Å². The van der Waals surface area contributed by atoms with Gasteiger partial charge in [-0.25, -0.2) is 0 Å². The molecule has 36 heavy (non-hydrogen) atoms. The lowest BCUT2D eigenvalue weighted by Crippen LogP contribution is -2.29. The van der Waals surface area contributed by atoms with E-state index >= 15 is 0 Å². The van der Waals surface area contributed by atoms with E-state index in [1.807, 2.05) is 0 Å².